The number of anilines is 1. The largest absolute Gasteiger partial charge is 0.365 e. The Hall–Kier alpha value is -2.94. The van der Waals surface area contributed by atoms with Crippen LogP contribution in [0.4, 0.5) is 14.5 Å². The number of fused-ring (bicyclic) bond motifs is 1. The van der Waals surface area contributed by atoms with Crippen LogP contribution in [0.3, 0.4) is 0 Å². The van der Waals surface area contributed by atoms with E-state index >= 15 is 0 Å². The molecule has 0 radical (unpaired) electrons. The number of carbonyl (C=O) groups is 2. The molecule has 4 rings (SSSR count). The predicted octanol–water partition coefficient (Wildman–Crippen LogP) is 4.10. The van der Waals surface area contributed by atoms with Gasteiger partial charge < -0.3 is 11.1 Å². The van der Waals surface area contributed by atoms with Gasteiger partial charge in [0.05, 0.1) is 21.1 Å². The van der Waals surface area contributed by atoms with Crippen LogP contribution in [0, 0.1) is 10.5 Å². The monoisotopic (exact) mass is 571 g/mol. The predicted molar refractivity (Wildman–Crippen MR) is 124 cm³/mol. The molecule has 4 heterocycles. The second-order valence-corrected chi connectivity index (χ2v) is 8.94. The lowest BCUT2D eigenvalue weighted by Gasteiger charge is -2.10. The summed E-state index contributed by atoms with van der Waals surface area (Å²) in [6, 6.07) is 1.25. The third kappa shape index (κ3) is 3.85. The van der Waals surface area contributed by atoms with Crippen LogP contribution in [0.25, 0.3) is 21.3 Å². The lowest BCUT2D eigenvalue weighted by molar-refractivity contribution is 0.100. The van der Waals surface area contributed by atoms with E-state index < -0.39 is 23.9 Å². The lowest BCUT2D eigenvalue weighted by Crippen LogP contribution is -2.17. The highest BCUT2D eigenvalue weighted by atomic mass is 127. The minimum atomic E-state index is -2.83. The number of primary amides is 1. The molecular weight excluding hydrogens is 555 g/mol. The van der Waals surface area contributed by atoms with E-state index in [0.29, 0.717) is 32.3 Å². The van der Waals surface area contributed by atoms with Crippen molar-refractivity contribution >= 4 is 61.6 Å². The molecule has 0 atom stereocenters. The van der Waals surface area contributed by atoms with Crippen molar-refractivity contribution in [2.24, 2.45) is 5.73 Å². The van der Waals surface area contributed by atoms with Crippen molar-refractivity contribution in [3.8, 4) is 11.1 Å². The Morgan fingerprint density at radius 1 is 1.38 bits per heavy atom. The molecule has 0 spiro atoms. The molecule has 9 nitrogen and oxygen atoms in total. The van der Waals surface area contributed by atoms with Crippen molar-refractivity contribution in [3.05, 3.63) is 44.0 Å². The molecule has 0 aromatic carbocycles. The number of aromatic amines is 1. The molecule has 13 heteroatoms. The first-order chi connectivity index (χ1) is 15.2. The molecule has 4 N–H and O–H groups in total. The van der Waals surface area contributed by atoms with E-state index in [1.54, 1.807) is 17.8 Å². The molecule has 4 aromatic rings. The molecule has 0 unspecified atom stereocenters. The molecule has 0 bridgehead atoms. The Morgan fingerprint density at radius 2 is 2.12 bits per heavy atom. The van der Waals surface area contributed by atoms with Crippen molar-refractivity contribution < 1.29 is 18.4 Å². The number of alkyl halides is 2. The van der Waals surface area contributed by atoms with E-state index in [0.717, 1.165) is 11.3 Å². The fourth-order valence-corrected chi connectivity index (χ4v) is 4.80. The Labute approximate surface area is 197 Å². The average Bonchev–Trinajstić information content (AvgIpc) is 3.44. The number of aryl methyl sites for hydroxylation is 2. The second kappa shape index (κ2) is 8.54. The normalized spacial score (nSPS) is 11.4. The van der Waals surface area contributed by atoms with Crippen molar-refractivity contribution in [2.75, 3.05) is 5.32 Å². The SMILES string of the molecule is CCn1cc(-c2cc(C(F)F)nc3sc(C(N)=O)c(NC(=O)c4[nH]ncc4I)c23)c(C)n1. The highest BCUT2D eigenvalue weighted by molar-refractivity contribution is 14.1. The number of aromatic nitrogens is 5. The zero-order valence-corrected chi connectivity index (χ0v) is 19.7. The Balaban J connectivity index is 2.00. The minimum Gasteiger partial charge on any atom is -0.365 e. The van der Waals surface area contributed by atoms with Gasteiger partial charge >= 0.3 is 0 Å². The molecule has 2 amide bonds. The van der Waals surface area contributed by atoms with E-state index in [2.05, 4.69) is 25.6 Å². The second-order valence-electron chi connectivity index (χ2n) is 6.78. The topological polar surface area (TPSA) is 132 Å². The van der Waals surface area contributed by atoms with Crippen molar-refractivity contribution in [1.29, 1.82) is 0 Å². The van der Waals surface area contributed by atoms with Gasteiger partial charge in [-0.05, 0) is 48.1 Å². The summed E-state index contributed by atoms with van der Waals surface area (Å²) in [6.45, 7) is 4.23. The van der Waals surface area contributed by atoms with Crippen molar-refractivity contribution in [2.45, 2.75) is 26.8 Å². The quantitative estimate of drug-likeness (QED) is 0.300. The zero-order valence-electron chi connectivity index (χ0n) is 16.7. The van der Waals surface area contributed by atoms with Gasteiger partial charge in [0.15, 0.2) is 0 Å². The van der Waals surface area contributed by atoms with Crippen LogP contribution < -0.4 is 11.1 Å². The Bertz CT molecular complexity index is 1360. The van der Waals surface area contributed by atoms with Gasteiger partial charge in [0.2, 0.25) is 0 Å². The molecule has 0 aliphatic heterocycles. The van der Waals surface area contributed by atoms with E-state index in [1.807, 2.05) is 29.5 Å². The summed E-state index contributed by atoms with van der Waals surface area (Å²) in [4.78, 5) is 29.2. The van der Waals surface area contributed by atoms with Crippen LogP contribution in [-0.4, -0.2) is 36.8 Å². The summed E-state index contributed by atoms with van der Waals surface area (Å²) in [5.74, 6) is -1.37. The summed E-state index contributed by atoms with van der Waals surface area (Å²) in [5, 5.41) is 13.8. The number of carbonyl (C=O) groups excluding carboxylic acids is 2. The summed E-state index contributed by atoms with van der Waals surface area (Å²) in [5.41, 5.74) is 6.97. The van der Waals surface area contributed by atoms with E-state index in [9.17, 15) is 18.4 Å². The summed E-state index contributed by atoms with van der Waals surface area (Å²) < 4.78 is 29.5. The number of rotatable bonds is 6. The van der Waals surface area contributed by atoms with E-state index in [-0.39, 0.29) is 21.1 Å². The van der Waals surface area contributed by atoms with Crippen LogP contribution in [0.15, 0.2) is 18.5 Å². The number of halogens is 3. The molecule has 4 aromatic heterocycles. The number of hydrogen-bond donors (Lipinski definition) is 3. The molecule has 0 saturated carbocycles. The van der Waals surface area contributed by atoms with Gasteiger partial charge in [-0.3, -0.25) is 19.4 Å². The number of H-pyrrole nitrogens is 1. The molecule has 32 heavy (non-hydrogen) atoms. The van der Waals surface area contributed by atoms with Gasteiger partial charge in [0, 0.05) is 23.7 Å². The summed E-state index contributed by atoms with van der Waals surface area (Å²) in [7, 11) is 0. The fraction of sp³-hybridized carbons (Fsp3) is 0.211. The third-order valence-corrected chi connectivity index (χ3v) is 6.66. The number of hydrogen-bond acceptors (Lipinski definition) is 6. The number of amides is 2. The van der Waals surface area contributed by atoms with Crippen molar-refractivity contribution in [1.82, 2.24) is 25.0 Å². The van der Waals surface area contributed by atoms with Gasteiger partial charge in [-0.1, -0.05) is 0 Å². The maximum absolute atomic E-state index is 13.6. The van der Waals surface area contributed by atoms with Crippen LogP contribution in [0.5, 0.6) is 0 Å². The number of nitrogens with zero attached hydrogens (tertiary/aromatic N) is 4. The highest BCUT2D eigenvalue weighted by Gasteiger charge is 2.27. The highest BCUT2D eigenvalue weighted by Crippen LogP contribution is 2.43. The summed E-state index contributed by atoms with van der Waals surface area (Å²) in [6.07, 6.45) is 0.369. The summed E-state index contributed by atoms with van der Waals surface area (Å²) >= 11 is 2.79. The van der Waals surface area contributed by atoms with Crippen LogP contribution >= 0.6 is 33.9 Å². The molecule has 0 aliphatic rings. The zero-order chi connectivity index (χ0) is 23.2. The van der Waals surface area contributed by atoms with Crippen LogP contribution in [-0.2, 0) is 6.54 Å². The molecule has 166 valence electrons. The van der Waals surface area contributed by atoms with Gasteiger partial charge in [-0.15, -0.1) is 11.3 Å². The maximum Gasteiger partial charge on any atom is 0.280 e. The fourth-order valence-electron chi connectivity index (χ4n) is 3.29. The first-order valence-electron chi connectivity index (χ1n) is 9.31. The van der Waals surface area contributed by atoms with Crippen molar-refractivity contribution in [3.63, 3.8) is 0 Å². The first kappa shape index (κ1) is 22.3. The van der Waals surface area contributed by atoms with Gasteiger partial charge in [-0.2, -0.15) is 10.2 Å². The maximum atomic E-state index is 13.6. The number of nitrogens with two attached hydrogens (primary N) is 1. The van der Waals surface area contributed by atoms with Gasteiger partial charge in [-0.25, -0.2) is 13.8 Å². The molecular formula is C19H16F2IN7O2S. The van der Waals surface area contributed by atoms with Gasteiger partial charge in [0.25, 0.3) is 18.2 Å². The average molecular weight is 571 g/mol. The standard InChI is InChI=1S/C19H16F2IN7O2S/c1-3-29-6-9(7(2)28-29)8-4-11(16(20)21)25-19-12(8)14(15(32-19)17(23)30)26-18(31)13-10(22)5-24-27-13/h4-6,16H,3H2,1-2H3,(H2,23,30)(H,24,27)(H,26,31). The molecule has 0 fully saturated rings. The number of pyridine rings is 1. The molecule has 0 aliphatic carbocycles. The Morgan fingerprint density at radius 3 is 2.69 bits per heavy atom. The Kier molecular flexibility index (Phi) is 5.94. The first-order valence-corrected chi connectivity index (χ1v) is 11.2. The molecule has 0 saturated heterocycles. The number of nitrogens with one attached hydrogen (secondary N) is 2. The van der Waals surface area contributed by atoms with Gasteiger partial charge in [0.1, 0.15) is 21.1 Å². The van der Waals surface area contributed by atoms with Crippen LogP contribution in [0.2, 0.25) is 0 Å². The van der Waals surface area contributed by atoms with E-state index in [1.165, 1.54) is 12.3 Å². The van der Waals surface area contributed by atoms with Crippen LogP contribution in [0.1, 0.15) is 44.9 Å². The number of thiophene rings is 1. The van der Waals surface area contributed by atoms with E-state index in [4.69, 9.17) is 5.73 Å². The minimum absolute atomic E-state index is 0.00331. The smallest absolute Gasteiger partial charge is 0.280 e. The third-order valence-electron chi connectivity index (χ3n) is 4.75. The lowest BCUT2D eigenvalue weighted by atomic mass is 10.0.